The van der Waals surface area contributed by atoms with Crippen LogP contribution in [0, 0.1) is 6.92 Å². The molecule has 2 N–H and O–H groups in total. The van der Waals surface area contributed by atoms with E-state index < -0.39 is 0 Å². The SMILES string of the molecule is CCNc1cc(C(=O)Nc2cc(C)cc(Br)c2)ccn1. The van der Waals surface area contributed by atoms with E-state index in [0.717, 1.165) is 22.3 Å². The Kier molecular flexibility index (Phi) is 4.74. The predicted octanol–water partition coefficient (Wildman–Crippen LogP) is 3.84. The molecular weight excluding hydrogens is 318 g/mol. The molecule has 0 fully saturated rings. The summed E-state index contributed by atoms with van der Waals surface area (Å²) in [6.45, 7) is 4.73. The number of aryl methyl sites for hydroxylation is 1. The van der Waals surface area contributed by atoms with Gasteiger partial charge in [0.05, 0.1) is 0 Å². The van der Waals surface area contributed by atoms with Gasteiger partial charge in [0.2, 0.25) is 0 Å². The van der Waals surface area contributed by atoms with E-state index in [1.807, 2.05) is 32.0 Å². The summed E-state index contributed by atoms with van der Waals surface area (Å²) in [6, 6.07) is 9.22. The molecule has 5 heteroatoms. The van der Waals surface area contributed by atoms with Gasteiger partial charge in [-0.1, -0.05) is 15.9 Å². The second kappa shape index (κ2) is 6.52. The molecule has 20 heavy (non-hydrogen) atoms. The van der Waals surface area contributed by atoms with E-state index in [-0.39, 0.29) is 5.91 Å². The van der Waals surface area contributed by atoms with Crippen molar-refractivity contribution in [1.29, 1.82) is 0 Å². The molecule has 1 heterocycles. The van der Waals surface area contributed by atoms with Crippen molar-refractivity contribution < 1.29 is 4.79 Å². The van der Waals surface area contributed by atoms with Gasteiger partial charge in [0.1, 0.15) is 5.82 Å². The van der Waals surface area contributed by atoms with E-state index in [1.165, 1.54) is 0 Å². The number of anilines is 2. The van der Waals surface area contributed by atoms with Crippen LogP contribution in [0.2, 0.25) is 0 Å². The Balaban J connectivity index is 2.17. The number of benzene rings is 1. The number of halogens is 1. The molecule has 0 saturated heterocycles. The fraction of sp³-hybridized carbons (Fsp3) is 0.200. The highest BCUT2D eigenvalue weighted by atomic mass is 79.9. The molecule has 0 saturated carbocycles. The van der Waals surface area contributed by atoms with Gasteiger partial charge in [-0.05, 0) is 49.7 Å². The molecule has 4 nitrogen and oxygen atoms in total. The van der Waals surface area contributed by atoms with E-state index in [2.05, 4.69) is 31.5 Å². The zero-order valence-electron chi connectivity index (χ0n) is 11.4. The molecule has 1 amide bonds. The lowest BCUT2D eigenvalue weighted by molar-refractivity contribution is 0.102. The highest BCUT2D eigenvalue weighted by Crippen LogP contribution is 2.20. The number of pyridine rings is 1. The summed E-state index contributed by atoms with van der Waals surface area (Å²) in [5, 5.41) is 5.97. The number of nitrogens with zero attached hydrogens (tertiary/aromatic N) is 1. The molecule has 1 aromatic heterocycles. The first kappa shape index (κ1) is 14.5. The molecule has 0 aliphatic heterocycles. The first-order chi connectivity index (χ1) is 9.58. The van der Waals surface area contributed by atoms with Crippen molar-refractivity contribution in [3.05, 3.63) is 52.1 Å². The van der Waals surface area contributed by atoms with Crippen LogP contribution >= 0.6 is 15.9 Å². The highest BCUT2D eigenvalue weighted by Gasteiger charge is 2.08. The molecule has 0 spiro atoms. The van der Waals surface area contributed by atoms with Crippen LogP contribution in [0.4, 0.5) is 11.5 Å². The van der Waals surface area contributed by atoms with Crippen molar-refractivity contribution in [2.75, 3.05) is 17.2 Å². The monoisotopic (exact) mass is 333 g/mol. The van der Waals surface area contributed by atoms with Crippen LogP contribution < -0.4 is 10.6 Å². The molecule has 0 radical (unpaired) electrons. The van der Waals surface area contributed by atoms with Gasteiger partial charge in [0.15, 0.2) is 0 Å². The lowest BCUT2D eigenvalue weighted by atomic mass is 10.2. The van der Waals surface area contributed by atoms with E-state index in [1.54, 1.807) is 18.3 Å². The maximum Gasteiger partial charge on any atom is 0.255 e. The Morgan fingerprint density at radius 1 is 1.30 bits per heavy atom. The predicted molar refractivity (Wildman–Crippen MR) is 85.2 cm³/mol. The molecule has 0 aliphatic rings. The number of carbonyl (C=O) groups excluding carboxylic acids is 1. The second-order valence-electron chi connectivity index (χ2n) is 4.43. The van der Waals surface area contributed by atoms with Gasteiger partial charge in [0, 0.05) is 28.5 Å². The standard InChI is InChI=1S/C15H16BrN3O/c1-3-17-14-8-11(4-5-18-14)15(20)19-13-7-10(2)6-12(16)9-13/h4-9H,3H2,1-2H3,(H,17,18)(H,19,20). The number of carbonyl (C=O) groups is 1. The van der Waals surface area contributed by atoms with Crippen LogP contribution in [0.25, 0.3) is 0 Å². The molecule has 0 bridgehead atoms. The molecule has 0 unspecified atom stereocenters. The minimum atomic E-state index is -0.149. The lowest BCUT2D eigenvalue weighted by Crippen LogP contribution is -2.13. The molecule has 2 rings (SSSR count). The van der Waals surface area contributed by atoms with Crippen molar-refractivity contribution in [1.82, 2.24) is 4.98 Å². The van der Waals surface area contributed by atoms with Crippen LogP contribution in [0.15, 0.2) is 41.0 Å². The number of rotatable bonds is 4. The molecule has 2 aromatic rings. The highest BCUT2D eigenvalue weighted by molar-refractivity contribution is 9.10. The van der Waals surface area contributed by atoms with E-state index in [0.29, 0.717) is 11.4 Å². The van der Waals surface area contributed by atoms with Crippen molar-refractivity contribution in [2.24, 2.45) is 0 Å². The second-order valence-corrected chi connectivity index (χ2v) is 5.35. The van der Waals surface area contributed by atoms with Gasteiger partial charge in [-0.2, -0.15) is 0 Å². The Morgan fingerprint density at radius 2 is 2.10 bits per heavy atom. The fourth-order valence-corrected chi connectivity index (χ4v) is 2.47. The van der Waals surface area contributed by atoms with Gasteiger partial charge in [-0.3, -0.25) is 4.79 Å². The Hall–Kier alpha value is -1.88. The van der Waals surface area contributed by atoms with Gasteiger partial charge >= 0.3 is 0 Å². The maximum atomic E-state index is 12.2. The summed E-state index contributed by atoms with van der Waals surface area (Å²) in [7, 11) is 0. The third-order valence-corrected chi connectivity index (χ3v) is 3.14. The summed E-state index contributed by atoms with van der Waals surface area (Å²) in [5.41, 5.74) is 2.43. The van der Waals surface area contributed by atoms with Crippen LogP contribution in [0.3, 0.4) is 0 Å². The van der Waals surface area contributed by atoms with E-state index in [9.17, 15) is 4.79 Å². The third-order valence-electron chi connectivity index (χ3n) is 2.68. The van der Waals surface area contributed by atoms with Crippen molar-refractivity contribution in [2.45, 2.75) is 13.8 Å². The molecule has 0 atom stereocenters. The topological polar surface area (TPSA) is 54.0 Å². The zero-order valence-corrected chi connectivity index (χ0v) is 13.0. The normalized spacial score (nSPS) is 10.2. The Labute approximate surface area is 126 Å². The number of hydrogen-bond donors (Lipinski definition) is 2. The Bertz CT molecular complexity index is 608. The first-order valence-corrected chi connectivity index (χ1v) is 7.16. The average molecular weight is 334 g/mol. The van der Waals surface area contributed by atoms with Crippen molar-refractivity contribution >= 4 is 33.3 Å². The fourth-order valence-electron chi connectivity index (χ4n) is 1.86. The summed E-state index contributed by atoms with van der Waals surface area (Å²) in [4.78, 5) is 16.4. The van der Waals surface area contributed by atoms with Crippen LogP contribution in [0.5, 0.6) is 0 Å². The average Bonchev–Trinajstić information content (AvgIpc) is 2.38. The van der Waals surface area contributed by atoms with Crippen molar-refractivity contribution in [3.8, 4) is 0 Å². The third kappa shape index (κ3) is 3.81. The van der Waals surface area contributed by atoms with Crippen LogP contribution in [-0.2, 0) is 0 Å². The number of aromatic nitrogens is 1. The van der Waals surface area contributed by atoms with E-state index >= 15 is 0 Å². The van der Waals surface area contributed by atoms with Gasteiger partial charge in [0.25, 0.3) is 5.91 Å². The number of hydrogen-bond acceptors (Lipinski definition) is 3. The molecule has 104 valence electrons. The van der Waals surface area contributed by atoms with E-state index in [4.69, 9.17) is 0 Å². The molecule has 1 aromatic carbocycles. The minimum absolute atomic E-state index is 0.149. The lowest BCUT2D eigenvalue weighted by Gasteiger charge is -2.08. The summed E-state index contributed by atoms with van der Waals surface area (Å²) >= 11 is 3.42. The summed E-state index contributed by atoms with van der Waals surface area (Å²) < 4.78 is 0.941. The Morgan fingerprint density at radius 3 is 2.80 bits per heavy atom. The number of amides is 1. The van der Waals surface area contributed by atoms with Crippen LogP contribution in [0.1, 0.15) is 22.8 Å². The quantitative estimate of drug-likeness (QED) is 0.893. The smallest absolute Gasteiger partial charge is 0.255 e. The minimum Gasteiger partial charge on any atom is -0.370 e. The van der Waals surface area contributed by atoms with Crippen molar-refractivity contribution in [3.63, 3.8) is 0 Å². The first-order valence-electron chi connectivity index (χ1n) is 6.37. The maximum absolute atomic E-state index is 12.2. The van der Waals surface area contributed by atoms with Gasteiger partial charge < -0.3 is 10.6 Å². The molecular formula is C15H16BrN3O. The van der Waals surface area contributed by atoms with Gasteiger partial charge in [-0.15, -0.1) is 0 Å². The summed E-state index contributed by atoms with van der Waals surface area (Å²) in [6.07, 6.45) is 1.62. The summed E-state index contributed by atoms with van der Waals surface area (Å²) in [5.74, 6) is 0.551. The molecule has 0 aliphatic carbocycles. The van der Waals surface area contributed by atoms with Gasteiger partial charge in [-0.25, -0.2) is 4.98 Å². The van der Waals surface area contributed by atoms with Crippen LogP contribution in [-0.4, -0.2) is 17.4 Å². The largest absolute Gasteiger partial charge is 0.370 e. The number of nitrogens with one attached hydrogen (secondary N) is 2. The zero-order chi connectivity index (χ0) is 14.5.